The van der Waals surface area contributed by atoms with Crippen molar-refractivity contribution in [1.29, 1.82) is 0 Å². The molecule has 1 rings (SSSR count). The fourth-order valence-electron chi connectivity index (χ4n) is 0.415. The van der Waals surface area contributed by atoms with Crippen molar-refractivity contribution in [3.63, 3.8) is 0 Å². The molecule has 0 aromatic carbocycles. The highest BCUT2D eigenvalue weighted by Gasteiger charge is 2.11. The van der Waals surface area contributed by atoms with E-state index in [4.69, 9.17) is 10.0 Å². The lowest BCUT2D eigenvalue weighted by Gasteiger charge is -1.96. The fraction of sp³-hybridized carbons (Fsp3) is 0. The lowest BCUT2D eigenvalue weighted by molar-refractivity contribution is 0.279. The Balaban J connectivity index is 2.48. The molecule has 0 aliphatic heterocycles. The molecule has 0 atom stereocenters. The molecule has 0 amide bonds. The Kier molecular flexibility index (Phi) is 1.71. The summed E-state index contributed by atoms with van der Waals surface area (Å²) in [7, 11) is -1.81. The van der Waals surface area contributed by atoms with Gasteiger partial charge in [-0.15, -0.1) is 0 Å². The standard InChI is InChI=1S/C3H5BN2O3/c7-4(8)9-3-5-1-2-6-3/h1-2,7-8H,(H,5,6). The van der Waals surface area contributed by atoms with E-state index in [1.165, 1.54) is 12.4 Å². The summed E-state index contributed by atoms with van der Waals surface area (Å²) < 4.78 is 4.30. The van der Waals surface area contributed by atoms with Gasteiger partial charge in [0.15, 0.2) is 0 Å². The molecule has 0 bridgehead atoms. The normalized spacial score (nSPS) is 9.11. The van der Waals surface area contributed by atoms with Crippen molar-refractivity contribution >= 4 is 7.32 Å². The number of aromatic amines is 1. The topological polar surface area (TPSA) is 78.4 Å². The first-order valence-corrected chi connectivity index (χ1v) is 2.31. The third kappa shape index (κ3) is 1.75. The molecule has 0 aliphatic rings. The van der Waals surface area contributed by atoms with E-state index in [-0.39, 0.29) is 6.01 Å². The molecule has 0 radical (unpaired) electrons. The van der Waals surface area contributed by atoms with Gasteiger partial charge in [-0.3, -0.25) is 0 Å². The van der Waals surface area contributed by atoms with E-state index in [1.54, 1.807) is 0 Å². The highest BCUT2D eigenvalue weighted by atomic mass is 16.6. The average Bonchev–Trinajstić information content (AvgIpc) is 2.15. The number of H-pyrrole nitrogens is 1. The molecule has 5 nitrogen and oxygen atoms in total. The Hall–Kier alpha value is -1.01. The van der Waals surface area contributed by atoms with Gasteiger partial charge in [-0.25, -0.2) is 4.98 Å². The second kappa shape index (κ2) is 2.52. The summed E-state index contributed by atoms with van der Waals surface area (Å²) in [5.41, 5.74) is 0. The predicted octanol–water partition coefficient (Wildman–Crippen LogP) is -1.24. The first kappa shape index (κ1) is 6.12. The van der Waals surface area contributed by atoms with E-state index in [0.29, 0.717) is 0 Å². The minimum atomic E-state index is -1.81. The quantitative estimate of drug-likeness (QED) is 0.435. The van der Waals surface area contributed by atoms with Crippen molar-refractivity contribution in [2.75, 3.05) is 0 Å². The molecule has 1 aromatic rings. The van der Waals surface area contributed by atoms with Gasteiger partial charge in [-0.2, -0.15) is 0 Å². The van der Waals surface area contributed by atoms with E-state index < -0.39 is 7.32 Å². The van der Waals surface area contributed by atoms with Crippen molar-refractivity contribution in [1.82, 2.24) is 9.97 Å². The maximum absolute atomic E-state index is 8.20. The van der Waals surface area contributed by atoms with E-state index >= 15 is 0 Å². The SMILES string of the molecule is OB(O)Oc1ncc[nH]1. The lowest BCUT2D eigenvalue weighted by atomic mass is 10.3. The molecule has 1 aromatic heterocycles. The summed E-state index contributed by atoms with van der Waals surface area (Å²) in [5, 5.41) is 16.4. The van der Waals surface area contributed by atoms with E-state index in [2.05, 4.69) is 14.6 Å². The maximum atomic E-state index is 8.20. The molecule has 6 heteroatoms. The first-order chi connectivity index (χ1) is 4.29. The summed E-state index contributed by atoms with van der Waals surface area (Å²) in [6.45, 7) is 0. The van der Waals surface area contributed by atoms with Crippen LogP contribution in [0.5, 0.6) is 6.01 Å². The molecule has 0 aliphatic carbocycles. The van der Waals surface area contributed by atoms with Gasteiger partial charge < -0.3 is 19.7 Å². The molecule has 0 unspecified atom stereocenters. The predicted molar refractivity (Wildman–Crippen MR) is 29.4 cm³/mol. The van der Waals surface area contributed by atoms with Crippen LogP contribution in [0.15, 0.2) is 12.4 Å². The first-order valence-electron chi connectivity index (χ1n) is 2.31. The minimum absolute atomic E-state index is 0.0880. The van der Waals surface area contributed by atoms with Crippen molar-refractivity contribution in [2.45, 2.75) is 0 Å². The van der Waals surface area contributed by atoms with Crippen LogP contribution in [-0.2, 0) is 0 Å². The van der Waals surface area contributed by atoms with Crippen LogP contribution in [0.2, 0.25) is 0 Å². The Morgan fingerprint density at radius 1 is 1.67 bits per heavy atom. The smallest absolute Gasteiger partial charge is 0.484 e. The van der Waals surface area contributed by atoms with Gasteiger partial charge in [0.25, 0.3) is 6.01 Å². The highest BCUT2D eigenvalue weighted by molar-refractivity contribution is 6.33. The summed E-state index contributed by atoms with van der Waals surface area (Å²) in [6, 6.07) is 0.0880. The summed E-state index contributed by atoms with van der Waals surface area (Å²) in [4.78, 5) is 6.07. The molecular weight excluding hydrogens is 123 g/mol. The molecule has 9 heavy (non-hydrogen) atoms. The van der Waals surface area contributed by atoms with Gasteiger partial charge >= 0.3 is 7.32 Å². The van der Waals surface area contributed by atoms with Crippen LogP contribution in [0.4, 0.5) is 0 Å². The monoisotopic (exact) mass is 128 g/mol. The molecule has 0 saturated heterocycles. The third-order valence-electron chi connectivity index (χ3n) is 0.690. The molecule has 0 saturated carbocycles. The number of aromatic nitrogens is 2. The number of nitrogens with one attached hydrogen (secondary N) is 1. The fourth-order valence-corrected chi connectivity index (χ4v) is 0.415. The highest BCUT2D eigenvalue weighted by Crippen LogP contribution is 1.97. The Labute approximate surface area is 51.5 Å². The van der Waals surface area contributed by atoms with Crippen molar-refractivity contribution in [3.8, 4) is 6.01 Å². The Morgan fingerprint density at radius 3 is 2.89 bits per heavy atom. The molecule has 1 heterocycles. The molecule has 3 N–H and O–H groups in total. The number of imidazole rings is 1. The van der Waals surface area contributed by atoms with Crippen molar-refractivity contribution < 1.29 is 14.7 Å². The summed E-state index contributed by atoms with van der Waals surface area (Å²) in [6.07, 6.45) is 2.95. The second-order valence-electron chi connectivity index (χ2n) is 1.34. The summed E-state index contributed by atoms with van der Waals surface area (Å²) >= 11 is 0. The number of hydrogen-bond acceptors (Lipinski definition) is 4. The van der Waals surface area contributed by atoms with Gasteiger partial charge in [0, 0.05) is 12.4 Å². The Morgan fingerprint density at radius 2 is 2.44 bits per heavy atom. The largest absolute Gasteiger partial charge is 0.709 e. The van der Waals surface area contributed by atoms with Gasteiger partial charge in [0.05, 0.1) is 0 Å². The molecular formula is C3H5BN2O3. The van der Waals surface area contributed by atoms with Crippen LogP contribution >= 0.6 is 0 Å². The van der Waals surface area contributed by atoms with Crippen LogP contribution in [0.3, 0.4) is 0 Å². The minimum Gasteiger partial charge on any atom is -0.484 e. The van der Waals surface area contributed by atoms with Crippen molar-refractivity contribution in [3.05, 3.63) is 12.4 Å². The van der Waals surface area contributed by atoms with E-state index in [9.17, 15) is 0 Å². The van der Waals surface area contributed by atoms with Crippen LogP contribution in [0.25, 0.3) is 0 Å². The van der Waals surface area contributed by atoms with Gasteiger partial charge in [-0.05, 0) is 0 Å². The number of rotatable bonds is 2. The number of nitrogens with zero attached hydrogens (tertiary/aromatic N) is 1. The zero-order valence-electron chi connectivity index (χ0n) is 4.48. The van der Waals surface area contributed by atoms with Crippen molar-refractivity contribution in [2.24, 2.45) is 0 Å². The second-order valence-corrected chi connectivity index (χ2v) is 1.34. The zero-order valence-corrected chi connectivity index (χ0v) is 4.48. The zero-order chi connectivity index (χ0) is 6.69. The van der Waals surface area contributed by atoms with E-state index in [0.717, 1.165) is 0 Å². The van der Waals surface area contributed by atoms with Crippen LogP contribution in [-0.4, -0.2) is 27.3 Å². The average molecular weight is 128 g/mol. The van der Waals surface area contributed by atoms with Gasteiger partial charge in [-0.1, -0.05) is 0 Å². The van der Waals surface area contributed by atoms with Gasteiger partial charge in [0.2, 0.25) is 0 Å². The molecule has 48 valence electrons. The maximum Gasteiger partial charge on any atom is 0.709 e. The van der Waals surface area contributed by atoms with Crippen LogP contribution < -0.4 is 4.65 Å². The lowest BCUT2D eigenvalue weighted by Crippen LogP contribution is -2.21. The van der Waals surface area contributed by atoms with E-state index in [1.807, 2.05) is 0 Å². The molecule has 0 fully saturated rings. The van der Waals surface area contributed by atoms with Crippen LogP contribution in [0, 0.1) is 0 Å². The third-order valence-corrected chi connectivity index (χ3v) is 0.690. The Bertz CT molecular complexity index is 164. The van der Waals surface area contributed by atoms with Gasteiger partial charge in [0.1, 0.15) is 0 Å². The molecule has 0 spiro atoms. The summed E-state index contributed by atoms with van der Waals surface area (Å²) in [5.74, 6) is 0. The number of hydrogen-bond donors (Lipinski definition) is 3. The van der Waals surface area contributed by atoms with Crippen LogP contribution in [0.1, 0.15) is 0 Å².